The van der Waals surface area contributed by atoms with Crippen molar-refractivity contribution < 1.29 is 26.9 Å². The van der Waals surface area contributed by atoms with E-state index in [1.165, 1.54) is 49.6 Å². The number of amides is 1. The molecule has 1 aromatic heterocycles. The van der Waals surface area contributed by atoms with E-state index in [4.69, 9.17) is 9.26 Å². The molecule has 29 heavy (non-hydrogen) atoms. The van der Waals surface area contributed by atoms with E-state index >= 15 is 0 Å². The first-order valence-electron chi connectivity index (χ1n) is 8.46. The molecule has 0 spiro atoms. The number of sulfonamides is 1. The van der Waals surface area contributed by atoms with Crippen LogP contribution in [-0.2, 0) is 14.8 Å². The van der Waals surface area contributed by atoms with Crippen LogP contribution in [0.15, 0.2) is 64.0 Å². The normalized spacial score (nSPS) is 11.1. The third kappa shape index (κ3) is 4.54. The topological polar surface area (TPSA) is 102 Å². The fourth-order valence-electron chi connectivity index (χ4n) is 2.57. The molecule has 0 aliphatic rings. The third-order valence-electron chi connectivity index (χ3n) is 3.95. The molecule has 0 saturated carbocycles. The number of carbonyl (C=O) groups excluding carboxylic acids is 1. The zero-order valence-corrected chi connectivity index (χ0v) is 16.4. The summed E-state index contributed by atoms with van der Waals surface area (Å²) in [4.78, 5) is 11.9. The standard InChI is InChI=1S/C19H18FN3O5S/c1-13-11-18(22-28-13)21-19(24)12-23(14-7-9-15(27-2)10-8-14)29(25,26)17-6-4-3-5-16(17)20/h3-11H,12H2,1-2H3,(H,21,22,24). The van der Waals surface area contributed by atoms with Crippen LogP contribution in [0.5, 0.6) is 5.75 Å². The lowest BCUT2D eigenvalue weighted by Gasteiger charge is -2.24. The highest BCUT2D eigenvalue weighted by atomic mass is 32.2. The molecule has 1 N–H and O–H groups in total. The van der Waals surface area contributed by atoms with E-state index in [9.17, 15) is 17.6 Å². The molecule has 1 amide bonds. The van der Waals surface area contributed by atoms with Crippen molar-refractivity contribution >= 4 is 27.4 Å². The first-order valence-corrected chi connectivity index (χ1v) is 9.90. The predicted octanol–water partition coefficient (Wildman–Crippen LogP) is 2.96. The summed E-state index contributed by atoms with van der Waals surface area (Å²) in [5.41, 5.74) is 0.167. The molecule has 0 fully saturated rings. The highest BCUT2D eigenvalue weighted by molar-refractivity contribution is 7.92. The maximum Gasteiger partial charge on any atom is 0.267 e. The molecular weight excluding hydrogens is 401 g/mol. The lowest BCUT2D eigenvalue weighted by molar-refractivity contribution is -0.114. The van der Waals surface area contributed by atoms with Gasteiger partial charge in [0.25, 0.3) is 10.0 Å². The van der Waals surface area contributed by atoms with Crippen molar-refractivity contribution in [3.05, 3.63) is 66.2 Å². The van der Waals surface area contributed by atoms with Gasteiger partial charge in [0, 0.05) is 6.07 Å². The van der Waals surface area contributed by atoms with Crippen LogP contribution in [0.25, 0.3) is 0 Å². The van der Waals surface area contributed by atoms with Crippen molar-refractivity contribution in [2.24, 2.45) is 0 Å². The fraction of sp³-hybridized carbons (Fsp3) is 0.158. The van der Waals surface area contributed by atoms with Crippen LogP contribution in [0, 0.1) is 12.7 Å². The molecule has 3 aromatic rings. The molecule has 0 aliphatic carbocycles. The van der Waals surface area contributed by atoms with Crippen LogP contribution in [0.4, 0.5) is 15.9 Å². The molecule has 10 heteroatoms. The molecule has 3 rings (SSSR count). The molecule has 0 bridgehead atoms. The van der Waals surface area contributed by atoms with Crippen molar-refractivity contribution in [2.45, 2.75) is 11.8 Å². The second-order valence-corrected chi connectivity index (χ2v) is 7.84. The summed E-state index contributed by atoms with van der Waals surface area (Å²) in [6, 6.07) is 12.5. The number of hydrogen-bond acceptors (Lipinski definition) is 6. The molecule has 0 aliphatic heterocycles. The van der Waals surface area contributed by atoms with Gasteiger partial charge in [0.2, 0.25) is 5.91 Å². The number of aromatic nitrogens is 1. The number of benzene rings is 2. The molecule has 8 nitrogen and oxygen atoms in total. The first kappa shape index (κ1) is 20.3. The molecule has 1 heterocycles. The number of nitrogens with one attached hydrogen (secondary N) is 1. The number of halogens is 1. The highest BCUT2D eigenvalue weighted by Gasteiger charge is 2.29. The average molecular weight is 419 g/mol. The number of carbonyl (C=O) groups is 1. The number of methoxy groups -OCH3 is 1. The number of aryl methyl sites for hydroxylation is 1. The molecule has 0 unspecified atom stereocenters. The maximum atomic E-state index is 14.2. The summed E-state index contributed by atoms with van der Waals surface area (Å²) in [5, 5.41) is 6.10. The van der Waals surface area contributed by atoms with Crippen molar-refractivity contribution in [2.75, 3.05) is 23.3 Å². The molecule has 0 saturated heterocycles. The summed E-state index contributed by atoms with van der Waals surface area (Å²) in [7, 11) is -2.91. The Balaban J connectivity index is 1.97. The zero-order valence-electron chi connectivity index (χ0n) is 15.6. The Hall–Kier alpha value is -3.40. The van der Waals surface area contributed by atoms with E-state index in [1.807, 2.05) is 0 Å². The van der Waals surface area contributed by atoms with Crippen LogP contribution < -0.4 is 14.4 Å². The second kappa shape index (κ2) is 8.31. The van der Waals surface area contributed by atoms with Crippen molar-refractivity contribution in [3.8, 4) is 5.75 Å². The van der Waals surface area contributed by atoms with Gasteiger partial charge < -0.3 is 14.6 Å². The van der Waals surface area contributed by atoms with Gasteiger partial charge in [-0.25, -0.2) is 12.8 Å². The Labute approximate surface area is 166 Å². The monoisotopic (exact) mass is 419 g/mol. The van der Waals surface area contributed by atoms with E-state index in [2.05, 4.69) is 10.5 Å². The lowest BCUT2D eigenvalue weighted by Crippen LogP contribution is -2.38. The molecular formula is C19H18FN3O5S. The summed E-state index contributed by atoms with van der Waals surface area (Å²) >= 11 is 0. The van der Waals surface area contributed by atoms with Crippen molar-refractivity contribution in [1.82, 2.24) is 5.16 Å². The maximum absolute atomic E-state index is 14.2. The number of anilines is 2. The van der Waals surface area contributed by atoms with Gasteiger partial charge >= 0.3 is 0 Å². The summed E-state index contributed by atoms with van der Waals surface area (Å²) in [5.74, 6) is -0.469. The number of hydrogen-bond donors (Lipinski definition) is 1. The summed E-state index contributed by atoms with van der Waals surface area (Å²) in [6.45, 7) is 1.05. The van der Waals surface area contributed by atoms with Gasteiger partial charge in [-0.05, 0) is 43.3 Å². The van der Waals surface area contributed by atoms with E-state index in [-0.39, 0.29) is 11.5 Å². The largest absolute Gasteiger partial charge is 0.497 e. The Morgan fingerprint density at radius 1 is 1.21 bits per heavy atom. The van der Waals surface area contributed by atoms with Gasteiger partial charge in [-0.3, -0.25) is 9.10 Å². The Morgan fingerprint density at radius 2 is 1.90 bits per heavy atom. The Kier molecular flexibility index (Phi) is 5.83. The van der Waals surface area contributed by atoms with Gasteiger partial charge in [0.05, 0.1) is 12.8 Å². The van der Waals surface area contributed by atoms with Gasteiger partial charge in [-0.1, -0.05) is 17.3 Å². The minimum Gasteiger partial charge on any atom is -0.497 e. The van der Waals surface area contributed by atoms with E-state index in [0.717, 1.165) is 16.4 Å². The summed E-state index contributed by atoms with van der Waals surface area (Å²) < 4.78 is 51.3. The minimum atomic E-state index is -4.37. The fourth-order valence-corrected chi connectivity index (χ4v) is 4.06. The van der Waals surface area contributed by atoms with Crippen LogP contribution in [0.3, 0.4) is 0 Å². The van der Waals surface area contributed by atoms with Crippen molar-refractivity contribution in [1.29, 1.82) is 0 Å². The van der Waals surface area contributed by atoms with Gasteiger partial charge in [-0.15, -0.1) is 0 Å². The molecule has 0 radical (unpaired) electrons. The first-order chi connectivity index (χ1) is 13.8. The van der Waals surface area contributed by atoms with Gasteiger partial charge in [-0.2, -0.15) is 0 Å². The zero-order chi connectivity index (χ0) is 21.0. The Morgan fingerprint density at radius 3 is 2.48 bits per heavy atom. The average Bonchev–Trinajstić information content (AvgIpc) is 3.11. The third-order valence-corrected chi connectivity index (χ3v) is 5.75. The molecule has 152 valence electrons. The molecule has 0 atom stereocenters. The summed E-state index contributed by atoms with van der Waals surface area (Å²) in [6.07, 6.45) is 0. The van der Waals surface area contributed by atoms with Crippen LogP contribution in [0.2, 0.25) is 0 Å². The van der Waals surface area contributed by atoms with Crippen molar-refractivity contribution in [3.63, 3.8) is 0 Å². The lowest BCUT2D eigenvalue weighted by atomic mass is 10.3. The SMILES string of the molecule is COc1ccc(N(CC(=O)Nc2cc(C)on2)S(=O)(=O)c2ccccc2F)cc1. The smallest absolute Gasteiger partial charge is 0.267 e. The van der Waals surface area contributed by atoms with Gasteiger partial charge in [0.1, 0.15) is 28.8 Å². The predicted molar refractivity (Wildman–Crippen MR) is 104 cm³/mol. The van der Waals surface area contributed by atoms with E-state index < -0.39 is 33.2 Å². The van der Waals surface area contributed by atoms with E-state index in [0.29, 0.717) is 11.5 Å². The number of ether oxygens (including phenoxy) is 1. The molecule has 2 aromatic carbocycles. The number of rotatable bonds is 7. The van der Waals surface area contributed by atoms with Gasteiger partial charge in [0.15, 0.2) is 5.82 Å². The second-order valence-electron chi connectivity index (χ2n) is 6.01. The van der Waals surface area contributed by atoms with Crippen LogP contribution in [-0.4, -0.2) is 33.1 Å². The Bertz CT molecular complexity index is 1110. The van der Waals surface area contributed by atoms with Crippen LogP contribution >= 0.6 is 0 Å². The quantitative estimate of drug-likeness (QED) is 0.632. The van der Waals surface area contributed by atoms with Crippen LogP contribution in [0.1, 0.15) is 5.76 Å². The minimum absolute atomic E-state index is 0.144. The van der Waals surface area contributed by atoms with E-state index in [1.54, 1.807) is 6.92 Å². The highest BCUT2D eigenvalue weighted by Crippen LogP contribution is 2.27. The number of nitrogens with zero attached hydrogens (tertiary/aromatic N) is 2.